The van der Waals surface area contributed by atoms with Gasteiger partial charge in [0, 0.05) is 18.0 Å². The molecule has 3 rings (SSSR count). The second kappa shape index (κ2) is 4.49. The van der Waals surface area contributed by atoms with Gasteiger partial charge in [0.1, 0.15) is 5.82 Å². The highest BCUT2D eigenvalue weighted by Crippen LogP contribution is 2.37. The molecule has 0 saturated heterocycles. The maximum absolute atomic E-state index is 12.8. The van der Waals surface area contributed by atoms with Crippen LogP contribution in [-0.4, -0.2) is 15.0 Å². The lowest BCUT2D eigenvalue weighted by Gasteiger charge is -2.07. The molecule has 0 fully saturated rings. The second-order valence-corrected chi connectivity index (χ2v) is 4.58. The van der Waals surface area contributed by atoms with Crippen molar-refractivity contribution in [3.05, 3.63) is 47.2 Å². The topological polar surface area (TPSA) is 41.6 Å². The minimum Gasteiger partial charge on any atom is -0.338 e. The van der Waals surface area contributed by atoms with E-state index in [2.05, 4.69) is 15.0 Å². The van der Waals surface area contributed by atoms with E-state index in [9.17, 15) is 13.2 Å². The summed E-state index contributed by atoms with van der Waals surface area (Å²) in [6, 6.07) is 5.65. The molecule has 0 amide bonds. The van der Waals surface area contributed by atoms with Crippen LogP contribution in [-0.2, 0) is 6.18 Å². The molecule has 2 heterocycles. The number of hydrogen-bond donors (Lipinski definition) is 1. The van der Waals surface area contributed by atoms with E-state index in [0.717, 1.165) is 6.07 Å². The van der Waals surface area contributed by atoms with Gasteiger partial charge in [-0.2, -0.15) is 13.2 Å². The molecule has 0 bridgehead atoms. The molecule has 0 unspecified atom stereocenters. The third kappa shape index (κ3) is 2.22. The molecule has 0 atom stereocenters. The number of pyridine rings is 1. The number of imidazole rings is 1. The fourth-order valence-electron chi connectivity index (χ4n) is 1.89. The quantitative estimate of drug-likeness (QED) is 0.727. The molecule has 102 valence electrons. The number of nitrogens with zero attached hydrogens (tertiary/aromatic N) is 2. The molecule has 3 nitrogen and oxygen atoms in total. The number of fused-ring (bicyclic) bond motifs is 1. The number of aromatic nitrogens is 3. The van der Waals surface area contributed by atoms with Crippen LogP contribution in [0.1, 0.15) is 5.56 Å². The van der Waals surface area contributed by atoms with E-state index in [1.807, 2.05) is 0 Å². The van der Waals surface area contributed by atoms with Crippen LogP contribution in [0.15, 0.2) is 36.7 Å². The number of aromatic amines is 1. The van der Waals surface area contributed by atoms with E-state index in [1.165, 1.54) is 6.07 Å². The van der Waals surface area contributed by atoms with Gasteiger partial charge in [-0.3, -0.25) is 4.98 Å². The van der Waals surface area contributed by atoms with Crippen molar-refractivity contribution in [3.8, 4) is 11.4 Å². The molecule has 0 aliphatic rings. The molecule has 1 aromatic carbocycles. The van der Waals surface area contributed by atoms with Crippen molar-refractivity contribution in [3.63, 3.8) is 0 Å². The first-order valence-corrected chi connectivity index (χ1v) is 6.00. The summed E-state index contributed by atoms with van der Waals surface area (Å²) in [6.07, 6.45) is -1.32. The van der Waals surface area contributed by atoms with E-state index < -0.39 is 11.7 Å². The Labute approximate surface area is 116 Å². The number of alkyl halides is 3. The van der Waals surface area contributed by atoms with Crippen LogP contribution in [0.25, 0.3) is 22.4 Å². The van der Waals surface area contributed by atoms with Gasteiger partial charge in [0.25, 0.3) is 0 Å². The van der Waals surface area contributed by atoms with Gasteiger partial charge in [0.2, 0.25) is 0 Å². The zero-order chi connectivity index (χ0) is 14.3. The van der Waals surface area contributed by atoms with Gasteiger partial charge in [-0.1, -0.05) is 11.6 Å². The molecule has 7 heteroatoms. The normalized spacial score (nSPS) is 12.0. The van der Waals surface area contributed by atoms with E-state index in [-0.39, 0.29) is 10.5 Å². The number of nitrogens with one attached hydrogen (secondary N) is 1. The van der Waals surface area contributed by atoms with Gasteiger partial charge in [0.05, 0.1) is 21.6 Å². The average molecular weight is 298 g/mol. The van der Waals surface area contributed by atoms with E-state index in [4.69, 9.17) is 11.6 Å². The van der Waals surface area contributed by atoms with Gasteiger partial charge < -0.3 is 4.98 Å². The molecular weight excluding hydrogens is 291 g/mol. The Hall–Kier alpha value is -2.08. The molecule has 0 radical (unpaired) electrons. The third-order valence-corrected chi connectivity index (χ3v) is 3.12. The summed E-state index contributed by atoms with van der Waals surface area (Å²) in [4.78, 5) is 11.0. The zero-order valence-corrected chi connectivity index (χ0v) is 10.6. The number of hydrogen-bond acceptors (Lipinski definition) is 2. The smallest absolute Gasteiger partial charge is 0.338 e. The Bertz CT molecular complexity index is 766. The number of benzene rings is 1. The highest BCUT2D eigenvalue weighted by Gasteiger charge is 2.33. The second-order valence-electron chi connectivity index (χ2n) is 4.17. The predicted octanol–water partition coefficient (Wildman–Crippen LogP) is 4.30. The Balaban J connectivity index is 2.17. The van der Waals surface area contributed by atoms with Gasteiger partial charge in [-0.15, -0.1) is 0 Å². The average Bonchev–Trinajstić information content (AvgIpc) is 2.80. The lowest BCUT2D eigenvalue weighted by atomic mass is 10.2. The number of rotatable bonds is 1. The van der Waals surface area contributed by atoms with Crippen LogP contribution >= 0.6 is 11.6 Å². The highest BCUT2D eigenvalue weighted by atomic mass is 35.5. The van der Waals surface area contributed by atoms with Crippen molar-refractivity contribution in [2.45, 2.75) is 6.18 Å². The summed E-state index contributed by atoms with van der Waals surface area (Å²) < 4.78 is 38.3. The van der Waals surface area contributed by atoms with Crippen molar-refractivity contribution < 1.29 is 13.2 Å². The lowest BCUT2D eigenvalue weighted by Crippen LogP contribution is -2.05. The van der Waals surface area contributed by atoms with Crippen molar-refractivity contribution in [1.82, 2.24) is 15.0 Å². The zero-order valence-electron chi connectivity index (χ0n) is 9.87. The summed E-state index contributed by atoms with van der Waals surface area (Å²) in [5.74, 6) is 0.448. The van der Waals surface area contributed by atoms with Gasteiger partial charge in [-0.05, 0) is 24.3 Å². The largest absolute Gasteiger partial charge is 0.417 e. The van der Waals surface area contributed by atoms with Crippen molar-refractivity contribution in [2.75, 3.05) is 0 Å². The minimum absolute atomic E-state index is 0.278. The number of halogens is 4. The third-order valence-electron chi connectivity index (χ3n) is 2.81. The van der Waals surface area contributed by atoms with Crippen LogP contribution in [0.5, 0.6) is 0 Å². The van der Waals surface area contributed by atoms with Gasteiger partial charge >= 0.3 is 6.18 Å². The van der Waals surface area contributed by atoms with Crippen molar-refractivity contribution in [2.24, 2.45) is 0 Å². The first-order chi connectivity index (χ1) is 9.45. The van der Waals surface area contributed by atoms with E-state index >= 15 is 0 Å². The Morgan fingerprint density at radius 1 is 1.20 bits per heavy atom. The summed E-state index contributed by atoms with van der Waals surface area (Å²) in [6.45, 7) is 0. The van der Waals surface area contributed by atoms with E-state index in [0.29, 0.717) is 16.9 Å². The fourth-order valence-corrected chi connectivity index (χ4v) is 2.15. The van der Waals surface area contributed by atoms with Crippen molar-refractivity contribution in [1.29, 1.82) is 0 Å². The lowest BCUT2D eigenvalue weighted by molar-refractivity contribution is -0.137. The maximum Gasteiger partial charge on any atom is 0.417 e. The SMILES string of the molecule is FC(F)(F)c1cc2[nH]c(-c3cccnc3)nc2cc1Cl. The van der Waals surface area contributed by atoms with Crippen LogP contribution in [0.2, 0.25) is 5.02 Å². The van der Waals surface area contributed by atoms with Crippen molar-refractivity contribution >= 4 is 22.6 Å². The van der Waals surface area contributed by atoms with E-state index in [1.54, 1.807) is 24.5 Å². The predicted molar refractivity (Wildman–Crippen MR) is 69.3 cm³/mol. The summed E-state index contributed by atoms with van der Waals surface area (Å²) in [7, 11) is 0. The maximum atomic E-state index is 12.8. The first-order valence-electron chi connectivity index (χ1n) is 5.62. The van der Waals surface area contributed by atoms with Crippen LogP contribution in [0.3, 0.4) is 0 Å². The molecular formula is C13H7ClF3N3. The Morgan fingerprint density at radius 2 is 2.00 bits per heavy atom. The standard InChI is InChI=1S/C13H7ClF3N3/c14-9-5-11-10(4-8(9)13(15,16)17)19-12(20-11)7-2-1-3-18-6-7/h1-6H,(H,19,20). The molecule has 0 spiro atoms. The summed E-state index contributed by atoms with van der Waals surface area (Å²) in [5, 5.41) is -0.366. The molecule has 0 aliphatic carbocycles. The molecule has 0 saturated carbocycles. The molecule has 0 aliphatic heterocycles. The molecule has 1 N–H and O–H groups in total. The van der Waals surface area contributed by atoms with Crippen LogP contribution < -0.4 is 0 Å². The van der Waals surface area contributed by atoms with Crippen LogP contribution in [0.4, 0.5) is 13.2 Å². The fraction of sp³-hybridized carbons (Fsp3) is 0.0769. The van der Waals surface area contributed by atoms with Gasteiger partial charge in [0.15, 0.2) is 0 Å². The van der Waals surface area contributed by atoms with Crippen LogP contribution in [0, 0.1) is 0 Å². The molecule has 20 heavy (non-hydrogen) atoms. The number of H-pyrrole nitrogens is 1. The summed E-state index contributed by atoms with van der Waals surface area (Å²) in [5.41, 5.74) is 0.462. The first kappa shape index (κ1) is 12.9. The molecule has 3 aromatic rings. The minimum atomic E-state index is -4.50. The Morgan fingerprint density at radius 3 is 2.65 bits per heavy atom. The monoisotopic (exact) mass is 297 g/mol. The Kier molecular flexibility index (Phi) is 2.90. The van der Waals surface area contributed by atoms with Gasteiger partial charge in [-0.25, -0.2) is 4.98 Å². The molecule has 2 aromatic heterocycles. The summed E-state index contributed by atoms with van der Waals surface area (Å²) >= 11 is 5.66. The highest BCUT2D eigenvalue weighted by molar-refractivity contribution is 6.32.